The summed E-state index contributed by atoms with van der Waals surface area (Å²) in [5.41, 5.74) is 0.444. The van der Waals surface area contributed by atoms with Gasteiger partial charge in [-0.15, -0.1) is 0 Å². The van der Waals surface area contributed by atoms with Crippen molar-refractivity contribution in [1.82, 2.24) is 5.32 Å². The van der Waals surface area contributed by atoms with Crippen molar-refractivity contribution < 1.29 is 4.92 Å². The molecule has 6 nitrogen and oxygen atoms in total. The maximum Gasteiger partial charge on any atom is 0.293 e. The van der Waals surface area contributed by atoms with Crippen molar-refractivity contribution in [2.75, 3.05) is 23.7 Å². The Bertz CT molecular complexity index is 609. The molecule has 1 N–H and O–H groups in total. The highest BCUT2D eigenvalue weighted by molar-refractivity contribution is 8.14. The number of hydrogen-bond donors (Lipinski definition) is 1. The minimum absolute atomic E-state index is 0.00368. The summed E-state index contributed by atoms with van der Waals surface area (Å²) in [5, 5.41) is 15.6. The van der Waals surface area contributed by atoms with E-state index in [2.05, 4.69) is 10.3 Å². The molecule has 0 amide bonds. The van der Waals surface area contributed by atoms with Crippen LogP contribution in [0.1, 0.15) is 6.92 Å². The van der Waals surface area contributed by atoms with E-state index in [0.29, 0.717) is 34.1 Å². The molecule has 0 saturated carbocycles. The van der Waals surface area contributed by atoms with Crippen LogP contribution in [0.25, 0.3) is 0 Å². The standard InChI is InChI=1S/C12H13ClN4O2S2/c1-2-14-11(20)15-12-16(5-6-21-12)10-7-8(13)3-4-9(10)17(18)19/h3-4,7H,2,5-6H2,1H3,(H,14,20). The normalized spacial score (nSPS) is 16.3. The van der Waals surface area contributed by atoms with Crippen LogP contribution in [0.3, 0.4) is 0 Å². The first-order valence-corrected chi connectivity index (χ1v) is 8.01. The molecule has 2 rings (SSSR count). The first-order valence-electron chi connectivity index (χ1n) is 6.23. The molecule has 0 unspecified atom stereocenters. The molecule has 0 spiro atoms. The first kappa shape index (κ1) is 16.0. The number of nitrogens with one attached hydrogen (secondary N) is 1. The van der Waals surface area contributed by atoms with Gasteiger partial charge in [0, 0.05) is 29.9 Å². The van der Waals surface area contributed by atoms with Crippen LogP contribution >= 0.6 is 35.6 Å². The Balaban J connectivity index is 2.38. The molecule has 0 radical (unpaired) electrons. The Morgan fingerprint density at radius 2 is 2.43 bits per heavy atom. The largest absolute Gasteiger partial charge is 0.361 e. The topological polar surface area (TPSA) is 70.8 Å². The van der Waals surface area contributed by atoms with Gasteiger partial charge < -0.3 is 10.2 Å². The van der Waals surface area contributed by atoms with Gasteiger partial charge in [-0.3, -0.25) is 10.1 Å². The van der Waals surface area contributed by atoms with Crippen LogP contribution in [0.4, 0.5) is 11.4 Å². The molecular weight excluding hydrogens is 332 g/mol. The molecule has 0 bridgehead atoms. The molecule has 1 aromatic rings. The highest BCUT2D eigenvalue weighted by atomic mass is 35.5. The van der Waals surface area contributed by atoms with Crippen LogP contribution in [0, 0.1) is 10.1 Å². The molecule has 0 aromatic heterocycles. The van der Waals surface area contributed by atoms with E-state index in [0.717, 1.165) is 5.75 Å². The van der Waals surface area contributed by atoms with Gasteiger partial charge in [-0.2, -0.15) is 4.99 Å². The van der Waals surface area contributed by atoms with E-state index in [9.17, 15) is 10.1 Å². The van der Waals surface area contributed by atoms with E-state index >= 15 is 0 Å². The minimum Gasteiger partial charge on any atom is -0.361 e. The number of thioether (sulfide) groups is 1. The second-order valence-electron chi connectivity index (χ2n) is 4.12. The van der Waals surface area contributed by atoms with Crippen LogP contribution in [0.2, 0.25) is 5.02 Å². The fourth-order valence-corrected chi connectivity index (χ4v) is 3.28. The lowest BCUT2D eigenvalue weighted by Gasteiger charge is -2.18. The summed E-state index contributed by atoms with van der Waals surface area (Å²) in [5.74, 6) is 0.789. The van der Waals surface area contributed by atoms with Gasteiger partial charge in [0.1, 0.15) is 5.69 Å². The third-order valence-electron chi connectivity index (χ3n) is 2.73. The number of hydrogen-bond acceptors (Lipinski definition) is 4. The highest BCUT2D eigenvalue weighted by Gasteiger charge is 2.28. The van der Waals surface area contributed by atoms with Gasteiger partial charge in [0.25, 0.3) is 5.69 Å². The van der Waals surface area contributed by atoms with Crippen molar-refractivity contribution in [3.05, 3.63) is 33.3 Å². The van der Waals surface area contributed by atoms with Crippen molar-refractivity contribution in [2.24, 2.45) is 4.99 Å². The van der Waals surface area contributed by atoms with Crippen molar-refractivity contribution in [1.29, 1.82) is 0 Å². The Hall–Kier alpha value is -1.38. The molecule has 0 atom stereocenters. The zero-order valence-electron chi connectivity index (χ0n) is 11.2. The molecular formula is C12H13ClN4O2S2. The summed E-state index contributed by atoms with van der Waals surface area (Å²) in [6.07, 6.45) is 0. The molecule has 1 heterocycles. The molecule has 21 heavy (non-hydrogen) atoms. The molecule has 0 aliphatic carbocycles. The van der Waals surface area contributed by atoms with Crippen LogP contribution in [-0.2, 0) is 0 Å². The lowest BCUT2D eigenvalue weighted by molar-refractivity contribution is -0.384. The van der Waals surface area contributed by atoms with E-state index < -0.39 is 4.92 Å². The average Bonchev–Trinajstić information content (AvgIpc) is 2.86. The second-order valence-corrected chi connectivity index (χ2v) is 6.01. The van der Waals surface area contributed by atoms with Crippen molar-refractivity contribution in [2.45, 2.75) is 6.92 Å². The van der Waals surface area contributed by atoms with Crippen molar-refractivity contribution in [3.8, 4) is 0 Å². The maximum atomic E-state index is 11.2. The molecule has 112 valence electrons. The number of halogens is 1. The number of aliphatic imine (C=N–C) groups is 1. The predicted octanol–water partition coefficient (Wildman–Crippen LogP) is 3.05. The zero-order valence-corrected chi connectivity index (χ0v) is 13.6. The number of anilines is 1. The van der Waals surface area contributed by atoms with Crippen LogP contribution in [0.5, 0.6) is 0 Å². The highest BCUT2D eigenvalue weighted by Crippen LogP contribution is 2.35. The van der Waals surface area contributed by atoms with Gasteiger partial charge in [0.2, 0.25) is 0 Å². The van der Waals surface area contributed by atoms with Crippen molar-refractivity contribution in [3.63, 3.8) is 0 Å². The lowest BCUT2D eigenvalue weighted by atomic mass is 10.2. The molecule has 1 aromatic carbocycles. The monoisotopic (exact) mass is 344 g/mol. The molecule has 1 fully saturated rings. The average molecular weight is 345 g/mol. The second kappa shape index (κ2) is 7.06. The SMILES string of the molecule is CCNC(=S)N=C1SCCN1c1cc(Cl)ccc1[N+](=O)[O-]. The van der Waals surface area contributed by atoms with Crippen LogP contribution < -0.4 is 10.2 Å². The summed E-state index contributed by atoms with van der Waals surface area (Å²) in [7, 11) is 0. The molecule has 9 heteroatoms. The van der Waals surface area contributed by atoms with Gasteiger partial charge in [-0.25, -0.2) is 0 Å². The van der Waals surface area contributed by atoms with Gasteiger partial charge >= 0.3 is 0 Å². The van der Waals surface area contributed by atoms with Gasteiger partial charge in [-0.1, -0.05) is 23.4 Å². The van der Waals surface area contributed by atoms with E-state index in [4.69, 9.17) is 23.8 Å². The Labute approximate surface area is 136 Å². The van der Waals surface area contributed by atoms with Gasteiger partial charge in [0.05, 0.1) is 4.92 Å². The number of thiocarbonyl (C=S) groups is 1. The Kier molecular flexibility index (Phi) is 5.38. The first-order chi connectivity index (χ1) is 10.0. The Morgan fingerprint density at radius 1 is 1.67 bits per heavy atom. The molecule has 1 aliphatic heterocycles. The summed E-state index contributed by atoms with van der Waals surface area (Å²) in [4.78, 5) is 16.8. The van der Waals surface area contributed by atoms with E-state index in [1.807, 2.05) is 6.92 Å². The Morgan fingerprint density at radius 3 is 3.10 bits per heavy atom. The van der Waals surface area contributed by atoms with Gasteiger partial charge in [0.15, 0.2) is 10.3 Å². The van der Waals surface area contributed by atoms with Gasteiger partial charge in [-0.05, 0) is 31.3 Å². The third-order valence-corrected chi connectivity index (χ3v) is 4.15. The quantitative estimate of drug-likeness (QED) is 0.516. The van der Waals surface area contributed by atoms with E-state index in [1.165, 1.54) is 23.9 Å². The fourth-order valence-electron chi connectivity index (χ4n) is 1.86. The molecule has 1 aliphatic rings. The number of nitro benzene ring substituents is 1. The van der Waals surface area contributed by atoms with Crippen LogP contribution in [0.15, 0.2) is 23.2 Å². The smallest absolute Gasteiger partial charge is 0.293 e. The lowest BCUT2D eigenvalue weighted by Crippen LogP contribution is -2.27. The summed E-state index contributed by atoms with van der Waals surface area (Å²) in [6.45, 7) is 3.23. The summed E-state index contributed by atoms with van der Waals surface area (Å²) in [6, 6.07) is 4.49. The fraction of sp³-hybridized carbons (Fsp3) is 0.333. The number of rotatable bonds is 3. The van der Waals surface area contributed by atoms with E-state index in [1.54, 1.807) is 11.0 Å². The minimum atomic E-state index is -0.422. The molecule has 1 saturated heterocycles. The van der Waals surface area contributed by atoms with E-state index in [-0.39, 0.29) is 5.69 Å². The number of benzene rings is 1. The van der Waals surface area contributed by atoms with Crippen LogP contribution in [-0.4, -0.2) is 34.0 Å². The predicted molar refractivity (Wildman–Crippen MR) is 91.6 cm³/mol. The number of nitro groups is 1. The number of amidine groups is 1. The summed E-state index contributed by atoms with van der Waals surface area (Å²) >= 11 is 12.6. The van der Waals surface area contributed by atoms with Crippen molar-refractivity contribution >= 4 is 57.2 Å². The summed E-state index contributed by atoms with van der Waals surface area (Å²) < 4.78 is 0. The zero-order chi connectivity index (χ0) is 15.4. The number of nitrogens with zero attached hydrogens (tertiary/aromatic N) is 3. The third kappa shape index (κ3) is 3.84. The maximum absolute atomic E-state index is 11.2.